The smallest absolute Gasteiger partial charge is 0.328 e. The summed E-state index contributed by atoms with van der Waals surface area (Å²) >= 11 is 6.51. The molecule has 0 radical (unpaired) electrons. The van der Waals surface area contributed by atoms with Crippen LogP contribution in [0.1, 0.15) is 11.7 Å². The summed E-state index contributed by atoms with van der Waals surface area (Å²) in [6.07, 6.45) is 1.57. The largest absolute Gasteiger partial charge is 0.468 e. The fraction of sp³-hybridized carbons (Fsp3) is 0.250. The van der Waals surface area contributed by atoms with Crippen molar-refractivity contribution in [2.24, 2.45) is 5.73 Å². The van der Waals surface area contributed by atoms with Crippen LogP contribution in [0.2, 0.25) is 0 Å². The molecule has 0 aliphatic rings. The monoisotopic (exact) mass is 322 g/mol. The van der Waals surface area contributed by atoms with E-state index in [9.17, 15) is 4.79 Å². The minimum atomic E-state index is -0.859. The van der Waals surface area contributed by atoms with Crippen LogP contribution in [0.15, 0.2) is 21.2 Å². The summed E-state index contributed by atoms with van der Waals surface area (Å²) in [6.45, 7) is 0. The summed E-state index contributed by atoms with van der Waals surface area (Å²) in [4.78, 5) is 15.2. The molecule has 1 unspecified atom stereocenters. The van der Waals surface area contributed by atoms with Crippen LogP contribution in [0, 0.1) is 0 Å². The van der Waals surface area contributed by atoms with Crippen LogP contribution >= 0.6 is 31.9 Å². The number of halogens is 2. The Morgan fingerprint density at radius 1 is 1.64 bits per heavy atom. The van der Waals surface area contributed by atoms with Gasteiger partial charge in [0.15, 0.2) is 0 Å². The van der Waals surface area contributed by atoms with Crippen molar-refractivity contribution in [3.8, 4) is 0 Å². The van der Waals surface area contributed by atoms with Gasteiger partial charge in [-0.1, -0.05) is 0 Å². The van der Waals surface area contributed by atoms with Crippen molar-refractivity contribution in [2.75, 3.05) is 7.11 Å². The highest BCUT2D eigenvalue weighted by Gasteiger charge is 2.20. The van der Waals surface area contributed by atoms with Gasteiger partial charge in [-0.3, -0.25) is 4.98 Å². The number of methoxy groups -OCH3 is 1. The van der Waals surface area contributed by atoms with E-state index in [1.165, 1.54) is 7.11 Å². The lowest BCUT2D eigenvalue weighted by molar-refractivity contribution is -0.142. The number of hydrogen-bond donors (Lipinski definition) is 1. The van der Waals surface area contributed by atoms with Crippen molar-refractivity contribution in [1.82, 2.24) is 4.98 Å². The van der Waals surface area contributed by atoms with E-state index in [1.54, 1.807) is 12.3 Å². The lowest BCUT2D eigenvalue weighted by atomic mass is 10.2. The van der Waals surface area contributed by atoms with E-state index >= 15 is 0 Å². The fourth-order valence-corrected chi connectivity index (χ4v) is 2.13. The number of pyridine rings is 1. The molecule has 0 amide bonds. The van der Waals surface area contributed by atoms with Crippen LogP contribution < -0.4 is 5.73 Å². The van der Waals surface area contributed by atoms with Crippen LogP contribution in [0.3, 0.4) is 0 Å². The summed E-state index contributed by atoms with van der Waals surface area (Å²) in [6, 6.07) is 0.910. The van der Waals surface area contributed by atoms with Gasteiger partial charge in [-0.05, 0) is 37.9 Å². The molecule has 4 nitrogen and oxygen atoms in total. The number of hydrogen-bond acceptors (Lipinski definition) is 4. The molecule has 14 heavy (non-hydrogen) atoms. The van der Waals surface area contributed by atoms with E-state index in [-0.39, 0.29) is 0 Å². The number of nitrogens with zero attached hydrogens (tertiary/aromatic N) is 1. The van der Waals surface area contributed by atoms with Crippen LogP contribution in [0.4, 0.5) is 0 Å². The molecule has 2 N–H and O–H groups in total. The Labute approximate surface area is 98.1 Å². The summed E-state index contributed by atoms with van der Waals surface area (Å²) in [5.74, 6) is -0.513. The molecule has 0 bridgehead atoms. The number of carbonyl (C=O) groups excluding carboxylic acids is 1. The SMILES string of the molecule is COC(=O)C(N)c1ncc(Br)cc1Br. The topological polar surface area (TPSA) is 65.2 Å². The molecule has 1 heterocycles. The van der Waals surface area contributed by atoms with Gasteiger partial charge in [-0.25, -0.2) is 4.79 Å². The van der Waals surface area contributed by atoms with Crippen molar-refractivity contribution < 1.29 is 9.53 Å². The quantitative estimate of drug-likeness (QED) is 0.843. The molecule has 1 atom stereocenters. The minimum Gasteiger partial charge on any atom is -0.468 e. The molecular formula is C8H8Br2N2O2. The van der Waals surface area contributed by atoms with E-state index in [4.69, 9.17) is 5.73 Å². The maximum Gasteiger partial charge on any atom is 0.328 e. The maximum atomic E-state index is 11.1. The molecule has 0 spiro atoms. The third-order valence-corrected chi connectivity index (χ3v) is 2.65. The molecule has 0 aliphatic carbocycles. The Morgan fingerprint density at radius 2 is 2.29 bits per heavy atom. The lowest BCUT2D eigenvalue weighted by Gasteiger charge is -2.10. The van der Waals surface area contributed by atoms with E-state index in [1.807, 2.05) is 0 Å². The minimum absolute atomic E-state index is 0.458. The van der Waals surface area contributed by atoms with E-state index in [0.717, 1.165) is 4.47 Å². The van der Waals surface area contributed by atoms with Crippen molar-refractivity contribution in [3.05, 3.63) is 26.9 Å². The first kappa shape index (κ1) is 11.6. The molecule has 1 aromatic heterocycles. The summed E-state index contributed by atoms with van der Waals surface area (Å²) in [5, 5.41) is 0. The van der Waals surface area contributed by atoms with E-state index in [0.29, 0.717) is 10.2 Å². The number of nitrogens with two attached hydrogens (primary N) is 1. The standard InChI is InChI=1S/C8H8Br2N2O2/c1-14-8(13)6(11)7-5(10)2-4(9)3-12-7/h2-3,6H,11H2,1H3. The number of ether oxygens (including phenoxy) is 1. The van der Waals surface area contributed by atoms with Gasteiger partial charge in [0.2, 0.25) is 0 Å². The zero-order chi connectivity index (χ0) is 10.7. The zero-order valence-corrected chi connectivity index (χ0v) is 10.5. The Balaban J connectivity index is 3.01. The van der Waals surface area contributed by atoms with Crippen LogP contribution in [-0.2, 0) is 9.53 Å². The van der Waals surface area contributed by atoms with Crippen LogP contribution in [0.25, 0.3) is 0 Å². The fourth-order valence-electron chi connectivity index (χ4n) is 0.893. The number of rotatable bonds is 2. The van der Waals surface area contributed by atoms with Crippen molar-refractivity contribution >= 4 is 37.8 Å². The van der Waals surface area contributed by atoms with Crippen molar-refractivity contribution in [3.63, 3.8) is 0 Å². The third kappa shape index (κ3) is 2.52. The van der Waals surface area contributed by atoms with Gasteiger partial charge >= 0.3 is 5.97 Å². The third-order valence-electron chi connectivity index (χ3n) is 1.59. The molecule has 1 rings (SSSR count). The maximum absolute atomic E-state index is 11.1. The summed E-state index contributed by atoms with van der Waals surface area (Å²) < 4.78 is 6.00. The highest BCUT2D eigenvalue weighted by Crippen LogP contribution is 2.23. The van der Waals surface area contributed by atoms with Gasteiger partial charge in [-0.15, -0.1) is 0 Å². The molecule has 1 aromatic rings. The number of esters is 1. The second kappa shape index (κ2) is 4.86. The molecule has 76 valence electrons. The van der Waals surface area contributed by atoms with Gasteiger partial charge in [0.05, 0.1) is 12.8 Å². The van der Waals surface area contributed by atoms with Crippen LogP contribution in [0.5, 0.6) is 0 Å². The number of aromatic nitrogens is 1. The summed E-state index contributed by atoms with van der Waals surface area (Å²) in [5.41, 5.74) is 6.08. The Morgan fingerprint density at radius 3 is 2.79 bits per heavy atom. The zero-order valence-electron chi connectivity index (χ0n) is 7.33. The first-order valence-corrected chi connectivity index (χ1v) is 5.29. The highest BCUT2D eigenvalue weighted by atomic mass is 79.9. The second-order valence-electron chi connectivity index (χ2n) is 2.52. The lowest BCUT2D eigenvalue weighted by Crippen LogP contribution is -2.24. The van der Waals surface area contributed by atoms with Crippen LogP contribution in [-0.4, -0.2) is 18.1 Å². The second-order valence-corrected chi connectivity index (χ2v) is 4.29. The van der Waals surface area contributed by atoms with Crippen molar-refractivity contribution in [2.45, 2.75) is 6.04 Å². The molecule has 0 saturated heterocycles. The Hall–Kier alpha value is -0.460. The van der Waals surface area contributed by atoms with E-state index in [2.05, 4.69) is 41.6 Å². The molecule has 0 aromatic carbocycles. The van der Waals surface area contributed by atoms with Gasteiger partial charge in [0, 0.05) is 15.1 Å². The average molecular weight is 324 g/mol. The van der Waals surface area contributed by atoms with E-state index < -0.39 is 12.0 Å². The first-order chi connectivity index (χ1) is 6.56. The van der Waals surface area contributed by atoms with Gasteiger partial charge in [0.1, 0.15) is 6.04 Å². The van der Waals surface area contributed by atoms with Crippen molar-refractivity contribution in [1.29, 1.82) is 0 Å². The average Bonchev–Trinajstić information content (AvgIpc) is 2.15. The molecule has 0 saturated carbocycles. The predicted octanol–water partition coefficient (Wildman–Crippen LogP) is 1.78. The Kier molecular flexibility index (Phi) is 4.03. The predicted molar refractivity (Wildman–Crippen MR) is 58.6 cm³/mol. The van der Waals surface area contributed by atoms with Gasteiger partial charge in [-0.2, -0.15) is 0 Å². The van der Waals surface area contributed by atoms with Gasteiger partial charge < -0.3 is 10.5 Å². The van der Waals surface area contributed by atoms with Gasteiger partial charge in [0.25, 0.3) is 0 Å². The number of carbonyl (C=O) groups is 1. The molecule has 6 heteroatoms. The normalized spacial score (nSPS) is 12.3. The summed E-state index contributed by atoms with van der Waals surface area (Å²) in [7, 11) is 1.29. The first-order valence-electron chi connectivity index (χ1n) is 3.70. The molecule has 0 fully saturated rings. The molecular weight excluding hydrogens is 316 g/mol. The molecule has 0 aliphatic heterocycles. The highest BCUT2D eigenvalue weighted by molar-refractivity contribution is 9.11. The Bertz CT molecular complexity index is 357.